The van der Waals surface area contributed by atoms with Crippen LogP contribution in [-0.4, -0.2) is 29.5 Å². The van der Waals surface area contributed by atoms with Crippen LogP contribution in [0.15, 0.2) is 5.38 Å². The molecule has 16 heavy (non-hydrogen) atoms. The van der Waals surface area contributed by atoms with Crippen molar-refractivity contribution in [2.24, 2.45) is 0 Å². The van der Waals surface area contributed by atoms with Crippen molar-refractivity contribution < 1.29 is 4.79 Å². The first kappa shape index (κ1) is 10.2. The number of hydrogen-bond acceptors (Lipinski definition) is 4. The number of thiazole rings is 1. The van der Waals surface area contributed by atoms with Gasteiger partial charge in [-0.05, 0) is 26.2 Å². The lowest BCUT2D eigenvalue weighted by Gasteiger charge is -2.13. The zero-order valence-electron chi connectivity index (χ0n) is 9.27. The Hall–Kier alpha value is -0.940. The highest BCUT2D eigenvalue weighted by molar-refractivity contribution is 7.14. The van der Waals surface area contributed by atoms with E-state index in [1.165, 1.54) is 12.8 Å². The standard InChI is InChI=1S/C11H15N3OS/c1-7-6-16-11(12-7)14-5-4-9(10(14)15)13-8-2-3-8/h6,8-9,13H,2-5H2,1H3. The van der Waals surface area contributed by atoms with Crippen LogP contribution in [-0.2, 0) is 4.79 Å². The number of aromatic nitrogens is 1. The van der Waals surface area contributed by atoms with Crippen LogP contribution in [0, 0.1) is 6.92 Å². The molecular formula is C11H15N3OS. The van der Waals surface area contributed by atoms with Gasteiger partial charge in [-0.15, -0.1) is 11.3 Å². The Balaban J connectivity index is 1.71. The average molecular weight is 237 g/mol. The molecule has 1 saturated carbocycles. The maximum absolute atomic E-state index is 12.1. The van der Waals surface area contributed by atoms with Crippen LogP contribution in [0.2, 0.25) is 0 Å². The lowest BCUT2D eigenvalue weighted by atomic mass is 10.2. The second kappa shape index (κ2) is 3.82. The molecule has 0 spiro atoms. The highest BCUT2D eigenvalue weighted by atomic mass is 32.1. The predicted octanol–water partition coefficient (Wildman–Crippen LogP) is 1.31. The summed E-state index contributed by atoms with van der Waals surface area (Å²) >= 11 is 1.55. The van der Waals surface area contributed by atoms with Crippen molar-refractivity contribution in [1.82, 2.24) is 10.3 Å². The van der Waals surface area contributed by atoms with Crippen molar-refractivity contribution in [2.45, 2.75) is 38.3 Å². The number of carbonyl (C=O) groups excluding carboxylic acids is 1. The fourth-order valence-corrected chi connectivity index (χ4v) is 2.86. The topological polar surface area (TPSA) is 45.2 Å². The van der Waals surface area contributed by atoms with Crippen molar-refractivity contribution in [3.8, 4) is 0 Å². The third-order valence-corrected chi connectivity index (χ3v) is 4.04. The molecule has 4 nitrogen and oxygen atoms in total. The summed E-state index contributed by atoms with van der Waals surface area (Å²) in [7, 11) is 0. The number of anilines is 1. The van der Waals surface area contributed by atoms with Gasteiger partial charge in [0.15, 0.2) is 5.13 Å². The molecule has 2 fully saturated rings. The number of hydrogen-bond donors (Lipinski definition) is 1. The van der Waals surface area contributed by atoms with Gasteiger partial charge in [-0.2, -0.15) is 0 Å². The molecule has 5 heteroatoms. The molecule has 1 aromatic heterocycles. The third-order valence-electron chi connectivity index (χ3n) is 3.06. The Morgan fingerprint density at radius 1 is 1.50 bits per heavy atom. The summed E-state index contributed by atoms with van der Waals surface area (Å²) in [5, 5.41) is 6.23. The number of nitrogens with zero attached hydrogens (tertiary/aromatic N) is 2. The van der Waals surface area contributed by atoms with Gasteiger partial charge in [-0.1, -0.05) is 0 Å². The summed E-state index contributed by atoms with van der Waals surface area (Å²) in [5.74, 6) is 0.196. The highest BCUT2D eigenvalue weighted by Crippen LogP contribution is 2.27. The van der Waals surface area contributed by atoms with Crippen LogP contribution in [0.25, 0.3) is 0 Å². The van der Waals surface area contributed by atoms with Crippen LogP contribution in [0.3, 0.4) is 0 Å². The molecular weight excluding hydrogens is 222 g/mol. The molecule has 86 valence electrons. The highest BCUT2D eigenvalue weighted by Gasteiger charge is 2.37. The van der Waals surface area contributed by atoms with E-state index in [0.29, 0.717) is 6.04 Å². The van der Waals surface area contributed by atoms with E-state index in [1.54, 1.807) is 11.3 Å². The molecule has 0 bridgehead atoms. The van der Waals surface area contributed by atoms with E-state index in [2.05, 4.69) is 10.3 Å². The van der Waals surface area contributed by atoms with E-state index in [9.17, 15) is 4.79 Å². The zero-order valence-corrected chi connectivity index (χ0v) is 10.1. The summed E-state index contributed by atoms with van der Waals surface area (Å²) in [6.07, 6.45) is 3.36. The minimum atomic E-state index is 0.0247. The number of aryl methyl sites for hydroxylation is 1. The lowest BCUT2D eigenvalue weighted by Crippen LogP contribution is -2.39. The van der Waals surface area contributed by atoms with Crippen LogP contribution in [0.1, 0.15) is 25.0 Å². The van der Waals surface area contributed by atoms with Gasteiger partial charge in [-0.3, -0.25) is 9.69 Å². The zero-order chi connectivity index (χ0) is 11.1. The summed E-state index contributed by atoms with van der Waals surface area (Å²) in [4.78, 5) is 18.3. The second-order valence-corrected chi connectivity index (χ2v) is 5.38. The molecule has 1 atom stereocenters. The monoisotopic (exact) mass is 237 g/mol. The van der Waals surface area contributed by atoms with Gasteiger partial charge >= 0.3 is 0 Å². The molecule has 3 rings (SSSR count). The second-order valence-electron chi connectivity index (χ2n) is 4.54. The van der Waals surface area contributed by atoms with Crippen molar-refractivity contribution in [3.63, 3.8) is 0 Å². The summed E-state index contributed by atoms with van der Waals surface area (Å²) in [5.41, 5.74) is 0.992. The van der Waals surface area contributed by atoms with Crippen LogP contribution < -0.4 is 10.2 Å². The van der Waals surface area contributed by atoms with Gasteiger partial charge < -0.3 is 5.32 Å². The Morgan fingerprint density at radius 2 is 2.31 bits per heavy atom. The van der Waals surface area contributed by atoms with Crippen LogP contribution >= 0.6 is 11.3 Å². The molecule has 1 N–H and O–H groups in total. The number of rotatable bonds is 3. The van der Waals surface area contributed by atoms with E-state index >= 15 is 0 Å². The summed E-state index contributed by atoms with van der Waals surface area (Å²) in [6, 6.07) is 0.614. The average Bonchev–Trinajstić information content (AvgIpc) is 2.87. The molecule has 1 aliphatic heterocycles. The molecule has 1 amide bonds. The first-order valence-electron chi connectivity index (χ1n) is 5.73. The third kappa shape index (κ3) is 1.85. The predicted molar refractivity (Wildman–Crippen MR) is 63.8 cm³/mol. The SMILES string of the molecule is Cc1csc(N2CCC(NC3CC3)C2=O)n1. The van der Waals surface area contributed by atoms with Gasteiger partial charge in [0, 0.05) is 18.0 Å². The van der Waals surface area contributed by atoms with Crippen molar-refractivity contribution in [2.75, 3.05) is 11.4 Å². The number of nitrogens with one attached hydrogen (secondary N) is 1. The van der Waals surface area contributed by atoms with E-state index in [4.69, 9.17) is 0 Å². The quantitative estimate of drug-likeness (QED) is 0.862. The Morgan fingerprint density at radius 3 is 2.94 bits per heavy atom. The largest absolute Gasteiger partial charge is 0.303 e. The smallest absolute Gasteiger partial charge is 0.245 e. The molecule has 1 unspecified atom stereocenters. The molecule has 1 aromatic rings. The normalized spacial score (nSPS) is 25.4. The molecule has 1 aliphatic carbocycles. The fourth-order valence-electron chi connectivity index (χ4n) is 2.02. The molecule has 0 radical (unpaired) electrons. The van der Waals surface area contributed by atoms with E-state index in [0.717, 1.165) is 23.8 Å². The Kier molecular flexibility index (Phi) is 2.44. The lowest BCUT2D eigenvalue weighted by molar-refractivity contribution is -0.118. The molecule has 2 aliphatic rings. The maximum atomic E-state index is 12.1. The van der Waals surface area contributed by atoms with E-state index in [1.807, 2.05) is 17.2 Å². The van der Waals surface area contributed by atoms with Gasteiger partial charge in [0.05, 0.1) is 11.7 Å². The van der Waals surface area contributed by atoms with Gasteiger partial charge in [0.25, 0.3) is 0 Å². The summed E-state index contributed by atoms with van der Waals surface area (Å²) in [6.45, 7) is 2.76. The first-order chi connectivity index (χ1) is 7.74. The van der Waals surface area contributed by atoms with E-state index in [-0.39, 0.29) is 11.9 Å². The fraction of sp³-hybridized carbons (Fsp3) is 0.636. The van der Waals surface area contributed by atoms with Gasteiger partial charge in [0.1, 0.15) is 0 Å². The minimum absolute atomic E-state index is 0.0247. The van der Waals surface area contributed by atoms with Crippen LogP contribution in [0.4, 0.5) is 5.13 Å². The van der Waals surface area contributed by atoms with Crippen LogP contribution in [0.5, 0.6) is 0 Å². The molecule has 1 saturated heterocycles. The Labute approximate surface area is 98.7 Å². The van der Waals surface area contributed by atoms with Gasteiger partial charge in [-0.25, -0.2) is 4.98 Å². The molecule has 2 heterocycles. The van der Waals surface area contributed by atoms with Gasteiger partial charge in [0.2, 0.25) is 5.91 Å². The van der Waals surface area contributed by atoms with Crippen molar-refractivity contribution in [1.29, 1.82) is 0 Å². The number of amides is 1. The van der Waals surface area contributed by atoms with E-state index < -0.39 is 0 Å². The number of carbonyl (C=O) groups is 1. The minimum Gasteiger partial charge on any atom is -0.303 e. The maximum Gasteiger partial charge on any atom is 0.245 e. The first-order valence-corrected chi connectivity index (χ1v) is 6.61. The summed E-state index contributed by atoms with van der Waals surface area (Å²) < 4.78 is 0. The van der Waals surface area contributed by atoms with Crippen molar-refractivity contribution >= 4 is 22.4 Å². The molecule has 0 aromatic carbocycles. The Bertz CT molecular complexity index is 413. The van der Waals surface area contributed by atoms with Crippen molar-refractivity contribution in [3.05, 3.63) is 11.1 Å².